The number of morpholine rings is 1. The van der Waals surface area contributed by atoms with Crippen molar-refractivity contribution in [2.75, 3.05) is 49.2 Å². The van der Waals surface area contributed by atoms with Crippen molar-refractivity contribution in [3.05, 3.63) is 293 Å². The van der Waals surface area contributed by atoms with E-state index in [9.17, 15) is 4.39 Å². The average Bonchev–Trinajstić information content (AvgIpc) is 1.64. The average molecular weight is 1490 g/mol. The summed E-state index contributed by atoms with van der Waals surface area (Å²) in [5.74, 6) is 1.69. The molecule has 20 heteroatoms. The zero-order valence-corrected chi connectivity index (χ0v) is 64.6. The Balaban J connectivity index is 0.000000140. The standard InChI is InChI=1S/C40H38BFN4O2.C35H29BrN4O.C12H24B2O4/c1-38(2)39(3,4)48-41(47-38)32-20-21-35-34(25-32)37(28-22-23-43-36(24-28)45-26-33(42)27-45)44-46(35)40(29-14-8-5-9-15-29,30-16-10-6-11-17-30)31-18-12-7-13-19-31;36-30-16-17-32-31(25-30)34(26-18-19-37-33(24-26)39-20-22-41-23-21-39)38-40(32)35(27-10-4-1-5-11-27,28-12-6-2-7-13-28)29-14-8-3-9-15-29;1-9(2)10(3,4)16-13(15-9)14-17-11(5,6)12(7,8)18-14/h5-25,33H,26-27H2,1-4H3;1-19,24-25H,20-23H2;1-8H3. The highest BCUT2D eigenvalue weighted by atomic mass is 79.9. The van der Waals surface area contributed by atoms with E-state index in [-0.39, 0.29) is 22.4 Å². The Hall–Kier alpha value is -9.08. The van der Waals surface area contributed by atoms with Crippen molar-refractivity contribution >= 4 is 76.0 Å². The minimum Gasteiger partial charge on any atom is -0.405 e. The highest BCUT2D eigenvalue weighted by molar-refractivity contribution is 9.10. The first-order valence-corrected chi connectivity index (χ1v) is 37.9. The Morgan fingerprint density at radius 3 is 1.07 bits per heavy atom. The molecule has 9 heterocycles. The first kappa shape index (κ1) is 73.4. The van der Waals surface area contributed by atoms with Crippen LogP contribution in [0, 0.1) is 0 Å². The van der Waals surface area contributed by atoms with E-state index >= 15 is 0 Å². The van der Waals surface area contributed by atoms with Gasteiger partial charge in [-0.25, -0.2) is 23.7 Å². The van der Waals surface area contributed by atoms with Crippen molar-refractivity contribution in [3.8, 4) is 22.5 Å². The molecule has 5 fully saturated rings. The Morgan fingerprint density at radius 1 is 0.393 bits per heavy atom. The van der Waals surface area contributed by atoms with E-state index < -0.39 is 49.6 Å². The molecular formula is C87H91B3BrFN8O7. The van der Waals surface area contributed by atoms with Gasteiger partial charge in [0.15, 0.2) is 0 Å². The molecule has 0 saturated carbocycles. The number of aromatic nitrogens is 6. The lowest BCUT2D eigenvalue weighted by atomic mass is 9.49. The van der Waals surface area contributed by atoms with E-state index in [1.165, 1.54) is 0 Å². The van der Waals surface area contributed by atoms with E-state index in [0.717, 1.165) is 112 Å². The summed E-state index contributed by atoms with van der Waals surface area (Å²) >= 11 is 3.74. The second-order valence-electron chi connectivity index (χ2n) is 31.3. The van der Waals surface area contributed by atoms with Crippen LogP contribution in [0.5, 0.6) is 0 Å². The molecular weight excluding hydrogens is 1400 g/mol. The van der Waals surface area contributed by atoms with E-state index in [2.05, 4.69) is 275 Å². The highest BCUT2D eigenvalue weighted by Gasteiger charge is 2.64. The molecule has 15 nitrogen and oxygen atoms in total. The lowest BCUT2D eigenvalue weighted by molar-refractivity contribution is 0.00578. The molecule has 0 bridgehead atoms. The molecule has 0 spiro atoms. The van der Waals surface area contributed by atoms with E-state index in [0.29, 0.717) is 26.3 Å². The highest BCUT2D eigenvalue weighted by Crippen LogP contribution is 2.49. The second kappa shape index (κ2) is 28.8. The Morgan fingerprint density at radius 2 is 0.720 bits per heavy atom. The van der Waals surface area contributed by atoms with Crippen molar-refractivity contribution in [3.63, 3.8) is 0 Å². The largest absolute Gasteiger partial charge is 0.494 e. The first-order chi connectivity index (χ1) is 51.3. The maximum Gasteiger partial charge on any atom is 0.494 e. The molecule has 8 aromatic carbocycles. The third-order valence-corrected chi connectivity index (χ3v) is 23.4. The summed E-state index contributed by atoms with van der Waals surface area (Å²) in [6, 6.07) is 84.8. The molecule has 17 rings (SSSR count). The SMILES string of the molecule is Brc1ccc2c(c1)c(-c1ccnc(N3CCOCC3)c1)nn2C(c1ccccc1)(c1ccccc1)c1ccccc1.CC1(C)OB(B2OC(C)(C)C(C)(C)O2)OC1(C)C.CC1(C)OB(c2ccc3c(c2)c(-c2ccnc(N4CC(F)C4)c2)nn3C(c2ccccc2)(c2ccccc2)c2ccccc2)OC1(C)C. The molecule has 0 radical (unpaired) electrons. The van der Waals surface area contributed by atoms with Crippen LogP contribution in [0.4, 0.5) is 16.0 Å². The van der Waals surface area contributed by atoms with Gasteiger partial charge in [0.25, 0.3) is 0 Å². The zero-order valence-electron chi connectivity index (χ0n) is 63.0. The first-order valence-electron chi connectivity index (χ1n) is 37.1. The lowest BCUT2D eigenvalue weighted by Crippen LogP contribution is -2.48. The monoisotopic (exact) mass is 1490 g/mol. The lowest BCUT2D eigenvalue weighted by Gasteiger charge is -2.37. The predicted octanol–water partition coefficient (Wildman–Crippen LogP) is 17.2. The molecule has 0 aliphatic carbocycles. The number of pyridine rings is 2. The van der Waals surface area contributed by atoms with Crippen molar-refractivity contribution < 1.29 is 37.1 Å². The van der Waals surface area contributed by atoms with Gasteiger partial charge in [0.05, 0.1) is 70.9 Å². The van der Waals surface area contributed by atoms with Crippen LogP contribution >= 0.6 is 15.9 Å². The van der Waals surface area contributed by atoms with Gasteiger partial charge in [-0.3, -0.25) is 0 Å². The van der Waals surface area contributed by atoms with Crippen LogP contribution in [0.2, 0.25) is 0 Å². The fourth-order valence-corrected chi connectivity index (χ4v) is 15.3. The van der Waals surface area contributed by atoms with Crippen molar-refractivity contribution in [1.29, 1.82) is 0 Å². The normalized spacial score (nSPS) is 18.6. The number of rotatable bonds is 14. The van der Waals surface area contributed by atoms with Gasteiger partial charge < -0.3 is 42.5 Å². The number of anilines is 2. The number of halogens is 2. The fraction of sp³-hybridized carbons (Fsp3) is 0.310. The van der Waals surface area contributed by atoms with Crippen LogP contribution in [0.15, 0.2) is 260 Å². The number of fused-ring (bicyclic) bond motifs is 2. The summed E-state index contributed by atoms with van der Waals surface area (Å²) in [7, 11) is -1.49. The maximum absolute atomic E-state index is 13.9. The van der Waals surface area contributed by atoms with Crippen LogP contribution in [0.25, 0.3) is 44.3 Å². The molecule has 5 aliphatic rings. The summed E-state index contributed by atoms with van der Waals surface area (Å²) in [5, 5.41) is 13.1. The van der Waals surface area contributed by atoms with Gasteiger partial charge in [0.1, 0.15) is 40.3 Å². The molecule has 5 saturated heterocycles. The molecule has 0 amide bonds. The number of ether oxygens (including phenoxy) is 1. The topological polar surface area (TPSA) is 133 Å². The molecule has 4 aromatic heterocycles. The number of nitrogens with zero attached hydrogens (tertiary/aromatic N) is 8. The Kier molecular flexibility index (Phi) is 19.8. The third-order valence-electron chi connectivity index (χ3n) is 23.0. The molecule has 544 valence electrons. The number of hydrogen-bond donors (Lipinski definition) is 0. The van der Waals surface area contributed by atoms with Gasteiger partial charge in [-0.1, -0.05) is 210 Å². The summed E-state index contributed by atoms with van der Waals surface area (Å²) in [4.78, 5) is 13.6. The third kappa shape index (κ3) is 13.5. The summed E-state index contributed by atoms with van der Waals surface area (Å²) in [6.45, 7) is 28.3. The van der Waals surface area contributed by atoms with Gasteiger partial charge in [-0.2, -0.15) is 10.2 Å². The smallest absolute Gasteiger partial charge is 0.405 e. The summed E-state index contributed by atoms with van der Waals surface area (Å²) in [5.41, 5.74) is 9.31. The van der Waals surface area contributed by atoms with Crippen LogP contribution in [0.1, 0.15) is 116 Å². The van der Waals surface area contributed by atoms with Gasteiger partial charge in [0, 0.05) is 51.9 Å². The van der Waals surface area contributed by atoms with Gasteiger partial charge in [-0.15, -0.1) is 0 Å². The van der Waals surface area contributed by atoms with Crippen LogP contribution in [-0.2, 0) is 43.7 Å². The molecule has 0 N–H and O–H groups in total. The van der Waals surface area contributed by atoms with Crippen molar-refractivity contribution in [2.24, 2.45) is 0 Å². The molecule has 0 atom stereocenters. The molecule has 5 aliphatic heterocycles. The minimum absolute atomic E-state index is 0.344. The van der Waals surface area contributed by atoms with Gasteiger partial charge in [0.2, 0.25) is 0 Å². The van der Waals surface area contributed by atoms with Gasteiger partial charge in [-0.05, 0) is 170 Å². The van der Waals surface area contributed by atoms with Gasteiger partial charge >= 0.3 is 21.1 Å². The van der Waals surface area contributed by atoms with Crippen molar-refractivity contribution in [1.82, 2.24) is 29.5 Å². The predicted molar refractivity (Wildman–Crippen MR) is 431 cm³/mol. The number of alkyl halides is 1. The minimum atomic E-state index is -0.832. The van der Waals surface area contributed by atoms with E-state index in [1.807, 2.05) is 96.8 Å². The second-order valence-corrected chi connectivity index (χ2v) is 32.2. The Labute approximate surface area is 637 Å². The number of benzene rings is 8. The number of hydrogen-bond acceptors (Lipinski definition) is 13. The van der Waals surface area contributed by atoms with Crippen LogP contribution in [0.3, 0.4) is 0 Å². The maximum atomic E-state index is 13.9. The summed E-state index contributed by atoms with van der Waals surface area (Å²) < 4.78 is 61.8. The van der Waals surface area contributed by atoms with E-state index in [1.54, 1.807) is 6.20 Å². The van der Waals surface area contributed by atoms with Crippen LogP contribution in [-0.4, -0.2) is 130 Å². The molecule has 0 unspecified atom stereocenters. The molecule has 12 aromatic rings. The zero-order chi connectivity index (χ0) is 74.7. The molecule has 107 heavy (non-hydrogen) atoms. The van der Waals surface area contributed by atoms with Crippen molar-refractivity contribution in [2.45, 2.75) is 134 Å². The van der Waals surface area contributed by atoms with Crippen LogP contribution < -0.4 is 15.3 Å². The Bertz CT molecular complexity index is 4830. The summed E-state index contributed by atoms with van der Waals surface area (Å²) in [6.07, 6.45) is 2.85. The fourth-order valence-electron chi connectivity index (χ4n) is 15.0. The quantitative estimate of drug-likeness (QED) is 0.0756. The van der Waals surface area contributed by atoms with E-state index in [4.69, 9.17) is 47.8 Å².